The predicted octanol–water partition coefficient (Wildman–Crippen LogP) is 5.04. The topological polar surface area (TPSA) is 17.1 Å². The van der Waals surface area contributed by atoms with Gasteiger partial charge in [0.25, 0.3) is 0 Å². The van der Waals surface area contributed by atoms with Gasteiger partial charge < -0.3 is 0 Å². The summed E-state index contributed by atoms with van der Waals surface area (Å²) in [5.41, 5.74) is 0.860. The smallest absolute Gasteiger partial charge is 0.167 e. The van der Waals surface area contributed by atoms with E-state index in [0.717, 1.165) is 26.0 Å². The molecule has 0 unspecified atom stereocenters. The van der Waals surface area contributed by atoms with Gasteiger partial charge in [0.05, 0.1) is 7.57 Å². The Labute approximate surface area is 111 Å². The van der Waals surface area contributed by atoms with Crippen molar-refractivity contribution in [2.75, 3.05) is 0 Å². The number of Topliss-reactive ketones (excluding diaryl/α,β-unsaturated/α-hetero) is 1. The summed E-state index contributed by atoms with van der Waals surface area (Å²) >= 11 is 8.44. The van der Waals surface area contributed by atoms with E-state index in [4.69, 9.17) is 0 Å². The second kappa shape index (κ2) is 5.11. The van der Waals surface area contributed by atoms with Crippen LogP contribution in [0.2, 0.25) is 0 Å². The van der Waals surface area contributed by atoms with E-state index < -0.39 is 0 Å². The van der Waals surface area contributed by atoms with Gasteiger partial charge in [-0.2, -0.15) is 0 Å². The lowest BCUT2D eigenvalue weighted by Gasteiger charge is -2.19. The Bertz CT molecular complexity index is 367. The molecule has 1 aliphatic carbocycles. The molecule has 0 N–H and O–H groups in total. The van der Waals surface area contributed by atoms with Gasteiger partial charge in [0, 0.05) is 11.5 Å². The maximum Gasteiger partial charge on any atom is 0.167 e. The van der Waals surface area contributed by atoms with Crippen molar-refractivity contribution in [2.45, 2.75) is 32.1 Å². The van der Waals surface area contributed by atoms with Crippen molar-refractivity contribution in [3.8, 4) is 0 Å². The first-order valence-corrected chi connectivity index (χ1v) is 7.58. The molecule has 4 heteroatoms. The average molecular weight is 352 g/mol. The summed E-state index contributed by atoms with van der Waals surface area (Å²) in [5.74, 6) is 0.583. The van der Waals surface area contributed by atoms with Crippen LogP contribution in [0.15, 0.2) is 13.6 Å². The summed E-state index contributed by atoms with van der Waals surface area (Å²) in [5, 5.41) is 0. The Morgan fingerprint density at radius 3 is 2.47 bits per heavy atom. The van der Waals surface area contributed by atoms with E-state index in [9.17, 15) is 4.79 Å². The Morgan fingerprint density at radius 1 is 1.27 bits per heavy atom. The van der Waals surface area contributed by atoms with Crippen LogP contribution in [0.25, 0.3) is 0 Å². The fraction of sp³-hybridized carbons (Fsp3) is 0.545. The third-order valence-corrected chi connectivity index (χ3v) is 5.24. The number of hydrogen-bond acceptors (Lipinski definition) is 2. The molecule has 1 saturated carbocycles. The van der Waals surface area contributed by atoms with Crippen molar-refractivity contribution in [3.63, 3.8) is 0 Å². The standard InChI is InChI=1S/C11H12Br2OS/c12-9-6-8(11(13)15-9)10(14)7-4-2-1-3-5-7/h6-7H,1-5H2. The van der Waals surface area contributed by atoms with Crippen LogP contribution in [-0.4, -0.2) is 5.78 Å². The zero-order valence-corrected chi connectivity index (χ0v) is 12.3. The molecule has 0 aromatic carbocycles. The molecule has 0 aliphatic heterocycles. The number of hydrogen-bond donors (Lipinski definition) is 0. The quantitative estimate of drug-likeness (QED) is 0.682. The van der Waals surface area contributed by atoms with Crippen LogP contribution >= 0.6 is 43.2 Å². The highest BCUT2D eigenvalue weighted by Crippen LogP contribution is 2.35. The van der Waals surface area contributed by atoms with Crippen LogP contribution in [0.3, 0.4) is 0 Å². The number of ketones is 1. The minimum Gasteiger partial charge on any atom is -0.294 e. The van der Waals surface area contributed by atoms with Gasteiger partial charge in [-0.05, 0) is 50.8 Å². The number of thiophene rings is 1. The summed E-state index contributed by atoms with van der Waals surface area (Å²) in [6, 6.07) is 1.94. The Kier molecular flexibility index (Phi) is 4.02. The number of halogens is 2. The molecule has 0 saturated heterocycles. The van der Waals surface area contributed by atoms with E-state index in [-0.39, 0.29) is 5.92 Å². The molecule has 1 heterocycles. The largest absolute Gasteiger partial charge is 0.294 e. The lowest BCUT2D eigenvalue weighted by atomic mass is 9.84. The molecule has 0 atom stereocenters. The second-order valence-electron chi connectivity index (χ2n) is 3.94. The summed E-state index contributed by atoms with van der Waals surface area (Å²) < 4.78 is 1.98. The van der Waals surface area contributed by atoms with Crippen molar-refractivity contribution in [2.24, 2.45) is 5.92 Å². The molecule has 0 spiro atoms. The lowest BCUT2D eigenvalue weighted by Crippen LogP contribution is -2.17. The highest BCUT2D eigenvalue weighted by atomic mass is 79.9. The van der Waals surface area contributed by atoms with Crippen LogP contribution in [0.1, 0.15) is 42.5 Å². The monoisotopic (exact) mass is 350 g/mol. The SMILES string of the molecule is O=C(c1cc(Br)sc1Br)C1CCCCC1. The van der Waals surface area contributed by atoms with Gasteiger partial charge >= 0.3 is 0 Å². The Hall–Kier alpha value is 0.330. The molecule has 15 heavy (non-hydrogen) atoms. The highest BCUT2D eigenvalue weighted by Gasteiger charge is 2.24. The van der Waals surface area contributed by atoms with Crippen LogP contribution in [0.5, 0.6) is 0 Å². The predicted molar refractivity (Wildman–Crippen MR) is 70.6 cm³/mol. The Balaban J connectivity index is 2.16. The number of carbonyl (C=O) groups excluding carboxylic acids is 1. The van der Waals surface area contributed by atoms with Gasteiger partial charge in [-0.1, -0.05) is 19.3 Å². The minimum atomic E-state index is 0.261. The summed E-state index contributed by atoms with van der Waals surface area (Å²) in [6.45, 7) is 0. The third-order valence-electron chi connectivity index (χ3n) is 2.90. The van der Waals surface area contributed by atoms with Gasteiger partial charge in [-0.3, -0.25) is 4.79 Å². The molecule has 1 fully saturated rings. The molecule has 1 nitrogen and oxygen atoms in total. The van der Waals surface area contributed by atoms with E-state index in [1.807, 2.05) is 6.07 Å². The minimum absolute atomic E-state index is 0.261. The molecule has 2 rings (SSSR count). The molecule has 0 amide bonds. The van der Waals surface area contributed by atoms with Crippen molar-refractivity contribution in [1.29, 1.82) is 0 Å². The molecule has 0 radical (unpaired) electrons. The highest BCUT2D eigenvalue weighted by molar-refractivity contribution is 9.12. The molecular weight excluding hydrogens is 340 g/mol. The normalized spacial score (nSPS) is 18.0. The van der Waals surface area contributed by atoms with Crippen LogP contribution in [0.4, 0.5) is 0 Å². The lowest BCUT2D eigenvalue weighted by molar-refractivity contribution is 0.0889. The van der Waals surface area contributed by atoms with E-state index in [1.165, 1.54) is 19.3 Å². The van der Waals surface area contributed by atoms with E-state index in [0.29, 0.717) is 5.78 Å². The summed E-state index contributed by atoms with van der Waals surface area (Å²) in [7, 11) is 0. The fourth-order valence-electron chi connectivity index (χ4n) is 2.09. The first-order chi connectivity index (χ1) is 7.18. The molecular formula is C11H12Br2OS. The van der Waals surface area contributed by atoms with Crippen LogP contribution < -0.4 is 0 Å². The zero-order valence-electron chi connectivity index (χ0n) is 8.26. The van der Waals surface area contributed by atoms with Crippen molar-refractivity contribution < 1.29 is 4.79 Å². The third kappa shape index (κ3) is 2.71. The number of rotatable bonds is 2. The number of carbonyl (C=O) groups is 1. The van der Waals surface area contributed by atoms with Gasteiger partial charge in [0.2, 0.25) is 0 Å². The van der Waals surface area contributed by atoms with E-state index in [2.05, 4.69) is 31.9 Å². The fourth-order valence-corrected chi connectivity index (χ4v) is 4.91. The van der Waals surface area contributed by atoms with Gasteiger partial charge in [0.15, 0.2) is 5.78 Å². The maximum atomic E-state index is 12.2. The van der Waals surface area contributed by atoms with Crippen LogP contribution in [0, 0.1) is 5.92 Å². The maximum absolute atomic E-state index is 12.2. The van der Waals surface area contributed by atoms with Gasteiger partial charge in [-0.25, -0.2) is 0 Å². The molecule has 82 valence electrons. The van der Waals surface area contributed by atoms with Gasteiger partial charge in [-0.15, -0.1) is 11.3 Å². The average Bonchev–Trinajstić information content (AvgIpc) is 2.58. The van der Waals surface area contributed by atoms with Crippen molar-refractivity contribution >= 4 is 49.0 Å². The van der Waals surface area contributed by atoms with Crippen molar-refractivity contribution in [1.82, 2.24) is 0 Å². The second-order valence-corrected chi connectivity index (χ2v) is 7.69. The first kappa shape index (κ1) is 11.8. The summed E-state index contributed by atoms with van der Waals surface area (Å²) in [6.07, 6.45) is 5.84. The first-order valence-electron chi connectivity index (χ1n) is 5.17. The van der Waals surface area contributed by atoms with Crippen LogP contribution in [-0.2, 0) is 0 Å². The zero-order chi connectivity index (χ0) is 10.8. The van der Waals surface area contributed by atoms with E-state index in [1.54, 1.807) is 11.3 Å². The van der Waals surface area contributed by atoms with Gasteiger partial charge in [0.1, 0.15) is 0 Å². The molecule has 1 aromatic heterocycles. The molecule has 0 bridgehead atoms. The Morgan fingerprint density at radius 2 is 1.93 bits per heavy atom. The van der Waals surface area contributed by atoms with E-state index >= 15 is 0 Å². The molecule has 1 aliphatic rings. The summed E-state index contributed by atoms with van der Waals surface area (Å²) in [4.78, 5) is 12.2. The van der Waals surface area contributed by atoms with Crippen molar-refractivity contribution in [3.05, 3.63) is 19.2 Å². The molecule has 1 aromatic rings.